The van der Waals surface area contributed by atoms with E-state index >= 15 is 0 Å². The smallest absolute Gasteiger partial charge is 0.186 e. The van der Waals surface area contributed by atoms with Crippen LogP contribution in [0, 0.1) is 0 Å². The Labute approximate surface area is 102 Å². The molecule has 1 aromatic rings. The molecule has 0 aromatic carbocycles. The lowest BCUT2D eigenvalue weighted by molar-refractivity contribution is 0.533. The lowest BCUT2D eigenvalue weighted by atomic mass is 9.96. The largest absolute Gasteiger partial charge is 0.237 e. The molecule has 0 saturated carbocycles. The van der Waals surface area contributed by atoms with E-state index in [9.17, 15) is 0 Å². The summed E-state index contributed by atoms with van der Waals surface area (Å²) < 4.78 is 1.89. The van der Waals surface area contributed by atoms with Crippen molar-refractivity contribution in [2.24, 2.45) is 0 Å². The minimum atomic E-state index is -0.0179. The van der Waals surface area contributed by atoms with Crippen LogP contribution in [0.1, 0.15) is 26.6 Å². The summed E-state index contributed by atoms with van der Waals surface area (Å²) in [4.78, 5) is 4.56. The average Bonchev–Trinajstić information content (AvgIpc) is 2.58. The van der Waals surface area contributed by atoms with Gasteiger partial charge in [0.25, 0.3) is 0 Å². The molecule has 1 rings (SSSR count). The zero-order chi connectivity index (χ0) is 12.2. The predicted molar refractivity (Wildman–Crippen MR) is 69.8 cm³/mol. The molecule has 1 heterocycles. The lowest BCUT2D eigenvalue weighted by Gasteiger charge is -2.12. The molecule has 0 saturated heterocycles. The topological polar surface area (TPSA) is 30.7 Å². The molecule has 0 aliphatic carbocycles. The molecular formula is C12H19N3S. The summed E-state index contributed by atoms with van der Waals surface area (Å²) in [5.74, 6) is 1.72. The van der Waals surface area contributed by atoms with Crippen LogP contribution in [0.2, 0.25) is 0 Å². The van der Waals surface area contributed by atoms with Crippen LogP contribution >= 0.6 is 11.8 Å². The standard InChI is InChI=1S/C12H19N3S/c1-6-8-15-11(16-9-7-2)13-10(14-15)12(3,4)5/h6-7H,1-2,8-9H2,3-5H3. The van der Waals surface area contributed by atoms with Gasteiger partial charge in [0.1, 0.15) is 0 Å². The fraction of sp³-hybridized carbons (Fsp3) is 0.500. The highest BCUT2D eigenvalue weighted by Gasteiger charge is 2.21. The van der Waals surface area contributed by atoms with Crippen LogP contribution in [0.4, 0.5) is 0 Å². The summed E-state index contributed by atoms with van der Waals surface area (Å²) in [6.45, 7) is 14.5. The van der Waals surface area contributed by atoms with Crippen molar-refractivity contribution < 1.29 is 0 Å². The van der Waals surface area contributed by atoms with Crippen molar-refractivity contribution in [1.29, 1.82) is 0 Å². The second-order valence-corrected chi connectivity index (χ2v) is 5.53. The summed E-state index contributed by atoms with van der Waals surface area (Å²) in [6, 6.07) is 0. The molecule has 0 fully saturated rings. The number of nitrogens with zero attached hydrogens (tertiary/aromatic N) is 3. The second-order valence-electron chi connectivity index (χ2n) is 4.54. The second kappa shape index (κ2) is 5.34. The van der Waals surface area contributed by atoms with Gasteiger partial charge >= 0.3 is 0 Å². The number of thioether (sulfide) groups is 1. The number of rotatable bonds is 5. The van der Waals surface area contributed by atoms with Gasteiger partial charge in [0, 0.05) is 11.2 Å². The Hall–Kier alpha value is -1.03. The first-order valence-electron chi connectivity index (χ1n) is 5.29. The van der Waals surface area contributed by atoms with Crippen molar-refractivity contribution >= 4 is 11.8 Å². The average molecular weight is 237 g/mol. The van der Waals surface area contributed by atoms with Crippen LogP contribution in [0.3, 0.4) is 0 Å². The highest BCUT2D eigenvalue weighted by molar-refractivity contribution is 7.99. The first kappa shape index (κ1) is 13.0. The Balaban J connectivity index is 2.99. The number of aromatic nitrogens is 3. The van der Waals surface area contributed by atoms with Gasteiger partial charge in [0.15, 0.2) is 11.0 Å². The van der Waals surface area contributed by atoms with Crippen LogP contribution in [0.25, 0.3) is 0 Å². The molecule has 0 spiro atoms. The van der Waals surface area contributed by atoms with E-state index in [4.69, 9.17) is 0 Å². The Bertz CT molecular complexity index is 374. The summed E-state index contributed by atoms with van der Waals surface area (Å²) >= 11 is 1.65. The monoisotopic (exact) mass is 237 g/mol. The minimum absolute atomic E-state index is 0.0179. The van der Waals surface area contributed by atoms with Crippen molar-refractivity contribution in [1.82, 2.24) is 14.8 Å². The molecule has 0 bridgehead atoms. The van der Waals surface area contributed by atoms with Crippen LogP contribution in [-0.2, 0) is 12.0 Å². The molecule has 0 N–H and O–H groups in total. The zero-order valence-electron chi connectivity index (χ0n) is 10.2. The van der Waals surface area contributed by atoms with E-state index in [1.54, 1.807) is 11.8 Å². The summed E-state index contributed by atoms with van der Waals surface area (Å²) in [7, 11) is 0. The lowest BCUT2D eigenvalue weighted by Crippen LogP contribution is -2.14. The van der Waals surface area contributed by atoms with E-state index in [0.29, 0.717) is 6.54 Å². The first-order chi connectivity index (χ1) is 7.49. The Morgan fingerprint density at radius 1 is 1.31 bits per heavy atom. The molecule has 4 heteroatoms. The summed E-state index contributed by atoms with van der Waals surface area (Å²) in [6.07, 6.45) is 3.70. The maximum absolute atomic E-state index is 4.56. The van der Waals surface area contributed by atoms with Crippen molar-refractivity contribution in [3.63, 3.8) is 0 Å². The van der Waals surface area contributed by atoms with Gasteiger partial charge in [0.05, 0.1) is 6.54 Å². The Kier molecular flexibility index (Phi) is 4.35. The Morgan fingerprint density at radius 3 is 2.50 bits per heavy atom. The van der Waals surface area contributed by atoms with Crippen LogP contribution < -0.4 is 0 Å². The van der Waals surface area contributed by atoms with Gasteiger partial charge in [-0.15, -0.1) is 13.2 Å². The van der Waals surface area contributed by atoms with E-state index in [2.05, 4.69) is 44.0 Å². The van der Waals surface area contributed by atoms with E-state index in [-0.39, 0.29) is 5.41 Å². The van der Waals surface area contributed by atoms with Gasteiger partial charge in [0.2, 0.25) is 0 Å². The molecule has 0 radical (unpaired) electrons. The molecule has 0 atom stereocenters. The van der Waals surface area contributed by atoms with Gasteiger partial charge in [-0.25, -0.2) is 9.67 Å². The van der Waals surface area contributed by atoms with Crippen molar-refractivity contribution in [2.75, 3.05) is 5.75 Å². The fourth-order valence-electron chi connectivity index (χ4n) is 1.13. The maximum atomic E-state index is 4.56. The minimum Gasteiger partial charge on any atom is -0.237 e. The van der Waals surface area contributed by atoms with E-state index in [0.717, 1.165) is 16.7 Å². The van der Waals surface area contributed by atoms with Crippen LogP contribution in [-0.4, -0.2) is 20.5 Å². The summed E-state index contributed by atoms with van der Waals surface area (Å²) in [5, 5.41) is 5.44. The van der Waals surface area contributed by atoms with Gasteiger partial charge in [-0.2, -0.15) is 5.10 Å². The van der Waals surface area contributed by atoms with Crippen LogP contribution in [0.15, 0.2) is 30.5 Å². The molecule has 0 aliphatic rings. The van der Waals surface area contributed by atoms with Crippen LogP contribution in [0.5, 0.6) is 0 Å². The number of allylic oxidation sites excluding steroid dienone is 1. The third-order valence-electron chi connectivity index (χ3n) is 1.94. The van der Waals surface area contributed by atoms with E-state index in [1.807, 2.05) is 16.8 Å². The SMILES string of the molecule is C=CCSc1nc(C(C)(C)C)nn1CC=C. The molecule has 0 unspecified atom stereocenters. The number of hydrogen-bond acceptors (Lipinski definition) is 3. The van der Waals surface area contributed by atoms with Crippen molar-refractivity contribution in [2.45, 2.75) is 37.9 Å². The zero-order valence-corrected chi connectivity index (χ0v) is 11.0. The highest BCUT2D eigenvalue weighted by Crippen LogP contribution is 2.23. The summed E-state index contributed by atoms with van der Waals surface area (Å²) in [5.41, 5.74) is -0.0179. The normalized spacial score (nSPS) is 11.4. The highest BCUT2D eigenvalue weighted by atomic mass is 32.2. The molecule has 3 nitrogen and oxygen atoms in total. The Morgan fingerprint density at radius 2 is 2.00 bits per heavy atom. The fourth-order valence-corrected chi connectivity index (χ4v) is 1.81. The molecule has 0 aliphatic heterocycles. The molecular weight excluding hydrogens is 218 g/mol. The van der Waals surface area contributed by atoms with E-state index in [1.165, 1.54) is 0 Å². The third-order valence-corrected chi connectivity index (χ3v) is 2.90. The third kappa shape index (κ3) is 3.23. The first-order valence-corrected chi connectivity index (χ1v) is 6.27. The van der Waals surface area contributed by atoms with Gasteiger partial charge in [-0.1, -0.05) is 44.7 Å². The van der Waals surface area contributed by atoms with Crippen molar-refractivity contribution in [3.05, 3.63) is 31.1 Å². The molecule has 88 valence electrons. The molecule has 1 aromatic heterocycles. The van der Waals surface area contributed by atoms with Gasteiger partial charge in [-0.05, 0) is 0 Å². The maximum Gasteiger partial charge on any atom is 0.186 e. The van der Waals surface area contributed by atoms with Gasteiger partial charge < -0.3 is 0 Å². The molecule has 0 amide bonds. The van der Waals surface area contributed by atoms with E-state index < -0.39 is 0 Å². The van der Waals surface area contributed by atoms with Gasteiger partial charge in [-0.3, -0.25) is 0 Å². The predicted octanol–water partition coefficient (Wildman–Crippen LogP) is 3.04. The quantitative estimate of drug-likeness (QED) is 0.582. The number of hydrogen-bond donors (Lipinski definition) is 0. The van der Waals surface area contributed by atoms with Crippen molar-refractivity contribution in [3.8, 4) is 0 Å². The molecule has 16 heavy (non-hydrogen) atoms.